The van der Waals surface area contributed by atoms with Gasteiger partial charge in [0.15, 0.2) is 0 Å². The molecule has 1 aromatic carbocycles. The number of H-pyrrole nitrogens is 1. The van der Waals surface area contributed by atoms with Crippen molar-refractivity contribution in [2.75, 3.05) is 18.8 Å². The van der Waals surface area contributed by atoms with Crippen LogP contribution in [0, 0.1) is 19.8 Å². The zero-order valence-corrected chi connectivity index (χ0v) is 15.4. The van der Waals surface area contributed by atoms with Gasteiger partial charge in [0, 0.05) is 25.9 Å². The average Bonchev–Trinajstić information content (AvgIpc) is 3.10. The number of hydrogen-bond donors (Lipinski definition) is 2. The number of hydrogen-bond acceptors (Lipinski definition) is 4. The number of nitrogens with two attached hydrogens (primary N) is 1. The lowest BCUT2D eigenvalue weighted by Gasteiger charge is -2.16. The molecule has 0 bridgehead atoms. The monoisotopic (exact) mass is 364 g/mol. The molecular formula is C17H24N4O3S. The van der Waals surface area contributed by atoms with Gasteiger partial charge in [-0.1, -0.05) is 0 Å². The van der Waals surface area contributed by atoms with Crippen LogP contribution in [0.15, 0.2) is 12.1 Å². The van der Waals surface area contributed by atoms with Gasteiger partial charge in [-0.3, -0.25) is 4.79 Å². The predicted octanol–water partition coefficient (Wildman–Crippen LogP) is 1.25. The van der Waals surface area contributed by atoms with Gasteiger partial charge in [-0.15, -0.1) is 0 Å². The van der Waals surface area contributed by atoms with E-state index in [4.69, 9.17) is 5.14 Å². The molecule has 1 amide bonds. The van der Waals surface area contributed by atoms with Crippen LogP contribution < -0.4 is 5.14 Å². The molecule has 1 aliphatic rings. The highest BCUT2D eigenvalue weighted by Gasteiger charge is 2.28. The minimum atomic E-state index is -3.49. The molecule has 25 heavy (non-hydrogen) atoms. The number of carbonyl (C=O) groups is 1. The van der Waals surface area contributed by atoms with Crippen LogP contribution in [0.3, 0.4) is 0 Å². The molecule has 1 saturated heterocycles. The highest BCUT2D eigenvalue weighted by molar-refractivity contribution is 7.89. The third kappa shape index (κ3) is 4.38. The summed E-state index contributed by atoms with van der Waals surface area (Å²) in [6.45, 7) is 5.17. The van der Waals surface area contributed by atoms with Crippen LogP contribution in [-0.4, -0.2) is 48.0 Å². The fourth-order valence-corrected chi connectivity index (χ4v) is 4.28. The molecule has 1 aliphatic heterocycles. The van der Waals surface area contributed by atoms with Crippen molar-refractivity contribution in [2.45, 2.75) is 33.1 Å². The van der Waals surface area contributed by atoms with E-state index in [1.165, 1.54) is 11.1 Å². The number of aromatic nitrogens is 2. The lowest BCUT2D eigenvalue weighted by molar-refractivity contribution is -0.130. The summed E-state index contributed by atoms with van der Waals surface area (Å²) >= 11 is 0. The van der Waals surface area contributed by atoms with E-state index in [1.807, 2.05) is 6.07 Å². The highest BCUT2D eigenvalue weighted by atomic mass is 32.2. The second-order valence-corrected chi connectivity index (χ2v) is 8.62. The number of carbonyl (C=O) groups excluding carboxylic acids is 1. The lowest BCUT2D eigenvalue weighted by Crippen LogP contribution is -2.31. The van der Waals surface area contributed by atoms with E-state index in [9.17, 15) is 13.2 Å². The number of rotatable bonds is 5. The van der Waals surface area contributed by atoms with Crippen LogP contribution in [-0.2, 0) is 21.2 Å². The van der Waals surface area contributed by atoms with E-state index in [0.29, 0.717) is 32.4 Å². The van der Waals surface area contributed by atoms with Gasteiger partial charge < -0.3 is 9.88 Å². The fourth-order valence-electron chi connectivity index (χ4n) is 3.35. The summed E-state index contributed by atoms with van der Waals surface area (Å²) < 4.78 is 22.3. The number of amides is 1. The van der Waals surface area contributed by atoms with Crippen LogP contribution in [0.1, 0.15) is 29.8 Å². The largest absolute Gasteiger partial charge is 0.342 e. The first kappa shape index (κ1) is 17.9. The number of nitrogens with one attached hydrogen (secondary N) is 1. The summed E-state index contributed by atoms with van der Waals surface area (Å²) in [4.78, 5) is 21.9. The molecule has 1 fully saturated rings. The van der Waals surface area contributed by atoms with E-state index in [-0.39, 0.29) is 17.6 Å². The van der Waals surface area contributed by atoms with Gasteiger partial charge >= 0.3 is 0 Å². The van der Waals surface area contributed by atoms with E-state index in [0.717, 1.165) is 16.9 Å². The number of likely N-dealkylation sites (tertiary alicyclic amines) is 1. The number of nitrogens with zero attached hydrogens (tertiary/aromatic N) is 2. The summed E-state index contributed by atoms with van der Waals surface area (Å²) in [5.74, 6) is 0.716. The Morgan fingerprint density at radius 3 is 2.80 bits per heavy atom. The van der Waals surface area contributed by atoms with Gasteiger partial charge in [0.05, 0.1) is 16.8 Å². The Bertz CT molecular complexity index is 865. The smallest absolute Gasteiger partial charge is 0.223 e. The summed E-state index contributed by atoms with van der Waals surface area (Å²) in [5, 5.41) is 5.09. The summed E-state index contributed by atoms with van der Waals surface area (Å²) in [5.41, 5.74) is 4.30. The van der Waals surface area contributed by atoms with Crippen LogP contribution in [0.5, 0.6) is 0 Å². The van der Waals surface area contributed by atoms with Crippen LogP contribution in [0.4, 0.5) is 0 Å². The molecule has 3 rings (SSSR count). The molecule has 3 N–H and O–H groups in total. The molecule has 7 nitrogen and oxygen atoms in total. The van der Waals surface area contributed by atoms with Gasteiger partial charge in [-0.05, 0) is 49.4 Å². The number of aromatic amines is 1. The third-order valence-electron chi connectivity index (χ3n) is 4.83. The maximum atomic E-state index is 12.4. The Kier molecular flexibility index (Phi) is 4.83. The van der Waals surface area contributed by atoms with Crippen molar-refractivity contribution in [3.63, 3.8) is 0 Å². The van der Waals surface area contributed by atoms with Crippen LogP contribution in [0.25, 0.3) is 11.0 Å². The SMILES string of the molecule is Cc1cc2nc(CCC(=O)N3CC[C@H](CS(N)(=O)=O)C3)[nH]c2cc1C. The van der Waals surface area contributed by atoms with E-state index < -0.39 is 10.0 Å². The first-order valence-corrected chi connectivity index (χ1v) is 10.2. The molecule has 0 unspecified atom stereocenters. The number of sulfonamides is 1. The molecule has 1 aromatic heterocycles. The molecule has 2 heterocycles. The maximum Gasteiger partial charge on any atom is 0.223 e. The number of aryl methyl sites for hydroxylation is 3. The Balaban J connectivity index is 1.58. The second-order valence-electron chi connectivity index (χ2n) is 6.96. The zero-order valence-electron chi connectivity index (χ0n) is 14.6. The first-order chi connectivity index (χ1) is 11.7. The fraction of sp³-hybridized carbons (Fsp3) is 0.529. The van der Waals surface area contributed by atoms with Gasteiger partial charge in [0.25, 0.3) is 0 Å². The van der Waals surface area contributed by atoms with Gasteiger partial charge in [-0.2, -0.15) is 0 Å². The minimum Gasteiger partial charge on any atom is -0.342 e. The van der Waals surface area contributed by atoms with E-state index in [1.54, 1.807) is 4.90 Å². The third-order valence-corrected chi connectivity index (χ3v) is 5.76. The number of benzene rings is 1. The lowest BCUT2D eigenvalue weighted by atomic mass is 10.1. The van der Waals surface area contributed by atoms with Crippen molar-refractivity contribution >= 4 is 27.0 Å². The van der Waals surface area contributed by atoms with E-state index in [2.05, 4.69) is 29.9 Å². The molecule has 0 saturated carbocycles. The maximum absolute atomic E-state index is 12.4. The van der Waals surface area contributed by atoms with Gasteiger partial charge in [-0.25, -0.2) is 18.5 Å². The molecule has 136 valence electrons. The standard InChI is InChI=1S/C17H24N4O3S/c1-11-7-14-15(8-12(11)2)20-16(19-14)3-4-17(22)21-6-5-13(9-21)10-25(18,23)24/h7-8,13H,3-6,9-10H2,1-2H3,(H,19,20)(H2,18,23,24)/t13-/m0/s1. The Morgan fingerprint density at radius 1 is 1.36 bits per heavy atom. The van der Waals surface area contributed by atoms with Gasteiger partial charge in [0.1, 0.15) is 5.82 Å². The van der Waals surface area contributed by atoms with Crippen LogP contribution >= 0.6 is 0 Å². The number of primary sulfonamides is 1. The number of imidazole rings is 1. The van der Waals surface area contributed by atoms with Crippen LogP contribution in [0.2, 0.25) is 0 Å². The average molecular weight is 364 g/mol. The van der Waals surface area contributed by atoms with Crippen molar-refractivity contribution in [3.8, 4) is 0 Å². The first-order valence-electron chi connectivity index (χ1n) is 8.45. The molecular weight excluding hydrogens is 340 g/mol. The quantitative estimate of drug-likeness (QED) is 0.832. The van der Waals surface area contributed by atoms with Gasteiger partial charge in [0.2, 0.25) is 15.9 Å². The van der Waals surface area contributed by atoms with Crippen molar-refractivity contribution in [3.05, 3.63) is 29.1 Å². The summed E-state index contributed by atoms with van der Waals surface area (Å²) in [6, 6.07) is 4.12. The molecule has 1 atom stereocenters. The van der Waals surface area contributed by atoms with Crippen molar-refractivity contribution in [1.29, 1.82) is 0 Å². The molecule has 0 spiro atoms. The molecule has 8 heteroatoms. The topological polar surface area (TPSA) is 109 Å². The second kappa shape index (κ2) is 6.76. The summed E-state index contributed by atoms with van der Waals surface area (Å²) in [7, 11) is -3.49. The van der Waals surface area contributed by atoms with E-state index >= 15 is 0 Å². The summed E-state index contributed by atoms with van der Waals surface area (Å²) in [6.07, 6.45) is 1.59. The highest BCUT2D eigenvalue weighted by Crippen LogP contribution is 2.20. The Hall–Kier alpha value is -1.93. The predicted molar refractivity (Wildman–Crippen MR) is 96.5 cm³/mol. The number of fused-ring (bicyclic) bond motifs is 1. The normalized spacial score (nSPS) is 18.2. The molecule has 2 aromatic rings. The van der Waals surface area contributed by atoms with Crippen molar-refractivity contribution in [2.24, 2.45) is 11.1 Å². The molecule has 0 radical (unpaired) electrons. The molecule has 0 aliphatic carbocycles. The minimum absolute atomic E-state index is 0.0322. The Morgan fingerprint density at radius 2 is 2.08 bits per heavy atom. The van der Waals surface area contributed by atoms with Crippen molar-refractivity contribution < 1.29 is 13.2 Å². The zero-order chi connectivity index (χ0) is 18.2. The van der Waals surface area contributed by atoms with Crippen molar-refractivity contribution in [1.82, 2.24) is 14.9 Å². The Labute approximate surface area is 147 Å².